The lowest BCUT2D eigenvalue weighted by Gasteiger charge is -2.12. The average molecular weight is 492 g/mol. The van der Waals surface area contributed by atoms with Crippen molar-refractivity contribution in [2.75, 3.05) is 20.0 Å². The van der Waals surface area contributed by atoms with Crippen LogP contribution in [0.3, 0.4) is 0 Å². The van der Waals surface area contributed by atoms with Gasteiger partial charge in [-0.25, -0.2) is 9.82 Å². The third-order valence-electron chi connectivity index (χ3n) is 4.92. The van der Waals surface area contributed by atoms with E-state index in [1.807, 2.05) is 47.0 Å². The number of carbonyl (C=O) groups excluding carboxylic acids is 1. The summed E-state index contributed by atoms with van der Waals surface area (Å²) in [5.41, 5.74) is 4.29. The Morgan fingerprint density at radius 1 is 1.03 bits per heavy atom. The average Bonchev–Trinajstić information content (AvgIpc) is 3.32. The molecule has 0 aliphatic carbocycles. The van der Waals surface area contributed by atoms with E-state index < -0.39 is 5.82 Å². The number of hydrogen-bond acceptors (Lipinski definition) is 7. The summed E-state index contributed by atoms with van der Waals surface area (Å²) in [4.78, 5) is 12.3. The normalized spacial score (nSPS) is 10.9. The van der Waals surface area contributed by atoms with E-state index in [0.29, 0.717) is 22.5 Å². The van der Waals surface area contributed by atoms with Crippen LogP contribution in [-0.2, 0) is 4.79 Å². The van der Waals surface area contributed by atoms with Crippen molar-refractivity contribution in [1.82, 2.24) is 20.2 Å². The number of hydrazone groups is 1. The van der Waals surface area contributed by atoms with E-state index in [4.69, 9.17) is 9.47 Å². The zero-order valence-electron chi connectivity index (χ0n) is 19.0. The van der Waals surface area contributed by atoms with Crippen LogP contribution in [0.4, 0.5) is 4.39 Å². The van der Waals surface area contributed by atoms with Crippen LogP contribution >= 0.6 is 11.8 Å². The van der Waals surface area contributed by atoms with Gasteiger partial charge in [-0.3, -0.25) is 9.36 Å². The molecule has 0 saturated carbocycles. The molecule has 0 radical (unpaired) electrons. The quantitative estimate of drug-likeness (QED) is 0.213. The predicted octanol–water partition coefficient (Wildman–Crippen LogP) is 4.33. The summed E-state index contributed by atoms with van der Waals surface area (Å²) >= 11 is 1.21. The summed E-state index contributed by atoms with van der Waals surface area (Å²) < 4.78 is 26.3. The summed E-state index contributed by atoms with van der Waals surface area (Å²) in [7, 11) is 3.14. The number of carbonyl (C=O) groups is 1. The van der Waals surface area contributed by atoms with Crippen molar-refractivity contribution in [2.45, 2.75) is 5.16 Å². The summed E-state index contributed by atoms with van der Waals surface area (Å²) in [5, 5.41) is 13.0. The first-order chi connectivity index (χ1) is 17.1. The number of amides is 1. The van der Waals surface area contributed by atoms with Crippen LogP contribution in [0, 0.1) is 5.82 Å². The van der Waals surface area contributed by atoms with Crippen LogP contribution in [0.15, 0.2) is 83.1 Å². The highest BCUT2D eigenvalue weighted by atomic mass is 32.2. The molecular weight excluding hydrogens is 469 g/mol. The number of para-hydroxylation sites is 1. The number of aromatic nitrogens is 3. The zero-order valence-corrected chi connectivity index (χ0v) is 19.8. The summed E-state index contributed by atoms with van der Waals surface area (Å²) in [6.45, 7) is 0. The zero-order chi connectivity index (χ0) is 24.6. The Kier molecular flexibility index (Phi) is 7.74. The maximum absolute atomic E-state index is 13.7. The molecule has 35 heavy (non-hydrogen) atoms. The number of nitrogens with zero attached hydrogens (tertiary/aromatic N) is 4. The van der Waals surface area contributed by atoms with Crippen LogP contribution in [0.5, 0.6) is 11.5 Å². The molecule has 0 spiro atoms. The second kappa shape index (κ2) is 11.3. The number of halogens is 1. The summed E-state index contributed by atoms with van der Waals surface area (Å²) in [6.07, 6.45) is 1.26. The molecule has 178 valence electrons. The fourth-order valence-electron chi connectivity index (χ4n) is 3.25. The molecule has 1 N–H and O–H groups in total. The van der Waals surface area contributed by atoms with Crippen LogP contribution in [0.25, 0.3) is 17.1 Å². The van der Waals surface area contributed by atoms with Crippen LogP contribution in [0.2, 0.25) is 0 Å². The maximum atomic E-state index is 13.7. The first-order valence-electron chi connectivity index (χ1n) is 10.5. The maximum Gasteiger partial charge on any atom is 0.250 e. The van der Waals surface area contributed by atoms with E-state index in [1.54, 1.807) is 38.5 Å². The number of thioether (sulfide) groups is 1. The summed E-state index contributed by atoms with van der Waals surface area (Å²) in [6, 6.07) is 21.2. The molecule has 4 aromatic rings. The fraction of sp³-hybridized carbons (Fsp3) is 0.120. The molecule has 0 bridgehead atoms. The van der Waals surface area contributed by atoms with Gasteiger partial charge in [0.15, 0.2) is 22.5 Å². The standard InChI is InChI=1S/C25H22FN5O3S/c1-33-21-13-12-17(14-22(21)34-2)24-29-30-25(31(24)19-9-4-3-5-10-19)35-16-23(32)28-27-15-18-8-6-7-11-20(18)26/h3-15H,16H2,1-2H3,(H,28,32)/b27-15+. The largest absolute Gasteiger partial charge is 0.493 e. The van der Waals surface area contributed by atoms with Crippen molar-refractivity contribution in [2.24, 2.45) is 5.10 Å². The Morgan fingerprint density at radius 2 is 1.77 bits per heavy atom. The molecule has 0 aliphatic rings. The van der Waals surface area contributed by atoms with E-state index in [1.165, 1.54) is 24.0 Å². The highest BCUT2D eigenvalue weighted by Gasteiger charge is 2.18. The molecule has 1 heterocycles. The molecule has 0 unspecified atom stereocenters. The van der Waals surface area contributed by atoms with Gasteiger partial charge in [0.1, 0.15) is 5.82 Å². The molecule has 4 rings (SSSR count). The fourth-order valence-corrected chi connectivity index (χ4v) is 4.00. The third kappa shape index (κ3) is 5.67. The topological polar surface area (TPSA) is 90.6 Å². The van der Waals surface area contributed by atoms with Crippen molar-refractivity contribution in [3.05, 3.63) is 84.2 Å². The number of ether oxygens (including phenoxy) is 2. The number of hydrogen-bond donors (Lipinski definition) is 1. The van der Waals surface area contributed by atoms with Gasteiger partial charge in [0.2, 0.25) is 0 Å². The lowest BCUT2D eigenvalue weighted by Crippen LogP contribution is -2.20. The van der Waals surface area contributed by atoms with Gasteiger partial charge in [-0.1, -0.05) is 48.2 Å². The molecular formula is C25H22FN5O3S. The Bertz CT molecular complexity index is 1340. The van der Waals surface area contributed by atoms with Gasteiger partial charge in [0, 0.05) is 16.8 Å². The van der Waals surface area contributed by atoms with Crippen molar-refractivity contribution in [3.63, 3.8) is 0 Å². The Morgan fingerprint density at radius 3 is 2.51 bits per heavy atom. The molecule has 1 amide bonds. The Balaban J connectivity index is 1.55. The molecule has 8 nitrogen and oxygen atoms in total. The highest BCUT2D eigenvalue weighted by molar-refractivity contribution is 7.99. The first-order valence-corrected chi connectivity index (χ1v) is 11.5. The van der Waals surface area contributed by atoms with Gasteiger partial charge in [0.25, 0.3) is 5.91 Å². The lowest BCUT2D eigenvalue weighted by atomic mass is 10.2. The van der Waals surface area contributed by atoms with Gasteiger partial charge in [0.05, 0.1) is 26.2 Å². The van der Waals surface area contributed by atoms with E-state index in [9.17, 15) is 9.18 Å². The van der Waals surface area contributed by atoms with E-state index in [2.05, 4.69) is 20.7 Å². The third-order valence-corrected chi connectivity index (χ3v) is 5.85. The second-order valence-electron chi connectivity index (χ2n) is 7.15. The van der Waals surface area contributed by atoms with Gasteiger partial charge in [-0.05, 0) is 36.4 Å². The smallest absolute Gasteiger partial charge is 0.250 e. The lowest BCUT2D eigenvalue weighted by molar-refractivity contribution is -0.118. The molecule has 0 saturated heterocycles. The Labute approximate surface area is 205 Å². The number of methoxy groups -OCH3 is 2. The van der Waals surface area contributed by atoms with Crippen LogP contribution in [-0.4, -0.2) is 46.9 Å². The predicted molar refractivity (Wildman–Crippen MR) is 133 cm³/mol. The van der Waals surface area contributed by atoms with Crippen molar-refractivity contribution < 1.29 is 18.7 Å². The van der Waals surface area contributed by atoms with Crippen LogP contribution in [0.1, 0.15) is 5.56 Å². The summed E-state index contributed by atoms with van der Waals surface area (Å²) in [5.74, 6) is 0.998. The minimum atomic E-state index is -0.418. The Hall–Kier alpha value is -4.18. The van der Waals surface area contributed by atoms with Gasteiger partial charge >= 0.3 is 0 Å². The molecule has 0 atom stereocenters. The minimum Gasteiger partial charge on any atom is -0.493 e. The number of benzene rings is 3. The van der Waals surface area contributed by atoms with Crippen LogP contribution < -0.4 is 14.9 Å². The van der Waals surface area contributed by atoms with Gasteiger partial charge < -0.3 is 9.47 Å². The van der Waals surface area contributed by atoms with Crippen molar-refractivity contribution >= 4 is 23.9 Å². The SMILES string of the molecule is COc1ccc(-c2nnc(SCC(=O)N/N=C/c3ccccc3F)n2-c2ccccc2)cc1OC. The first kappa shape index (κ1) is 24.0. The van der Waals surface area contributed by atoms with Crippen molar-refractivity contribution in [1.29, 1.82) is 0 Å². The van der Waals surface area contributed by atoms with Crippen molar-refractivity contribution in [3.8, 4) is 28.6 Å². The molecule has 10 heteroatoms. The number of nitrogens with one attached hydrogen (secondary N) is 1. The van der Waals surface area contributed by atoms with E-state index in [0.717, 1.165) is 11.3 Å². The minimum absolute atomic E-state index is 0.0332. The molecule has 1 aromatic heterocycles. The second-order valence-corrected chi connectivity index (χ2v) is 8.09. The molecule has 3 aromatic carbocycles. The number of rotatable bonds is 9. The monoisotopic (exact) mass is 491 g/mol. The van der Waals surface area contributed by atoms with E-state index >= 15 is 0 Å². The van der Waals surface area contributed by atoms with Gasteiger partial charge in [-0.15, -0.1) is 10.2 Å². The van der Waals surface area contributed by atoms with E-state index in [-0.39, 0.29) is 17.2 Å². The molecule has 0 aliphatic heterocycles. The van der Waals surface area contributed by atoms with Gasteiger partial charge in [-0.2, -0.15) is 5.10 Å². The highest BCUT2D eigenvalue weighted by Crippen LogP contribution is 2.34. The molecule has 0 fully saturated rings.